The first-order valence-corrected chi connectivity index (χ1v) is 6.96. The summed E-state index contributed by atoms with van der Waals surface area (Å²) in [5, 5.41) is 0.376. The first kappa shape index (κ1) is 10.9. The van der Waals surface area contributed by atoms with Crippen molar-refractivity contribution in [1.29, 1.82) is 0 Å². The molecule has 1 nitrogen and oxygen atoms in total. The zero-order chi connectivity index (χ0) is 10.7. The van der Waals surface area contributed by atoms with Gasteiger partial charge in [-0.3, -0.25) is 4.21 Å². The highest BCUT2D eigenvalue weighted by molar-refractivity contribution is 7.85. The summed E-state index contributed by atoms with van der Waals surface area (Å²) >= 11 is 0. The Morgan fingerprint density at radius 3 is 2.47 bits per heavy atom. The molecule has 15 heavy (non-hydrogen) atoms. The molecule has 0 heterocycles. The van der Waals surface area contributed by atoms with E-state index in [0.29, 0.717) is 11.2 Å². The zero-order valence-electron chi connectivity index (χ0n) is 9.19. The lowest BCUT2D eigenvalue weighted by Crippen LogP contribution is -2.27. The van der Waals surface area contributed by atoms with Gasteiger partial charge in [-0.2, -0.15) is 0 Å². The third-order valence-electron chi connectivity index (χ3n) is 3.28. The normalized spacial score (nSPS) is 28.6. The Morgan fingerprint density at radius 1 is 1.13 bits per heavy atom. The Labute approximate surface area is 94.4 Å². The minimum atomic E-state index is -0.800. The predicted molar refractivity (Wildman–Crippen MR) is 64.3 cm³/mol. The summed E-state index contributed by atoms with van der Waals surface area (Å²) in [6.07, 6.45) is 4.92. The maximum absolute atomic E-state index is 12.3. The molecule has 0 spiro atoms. The minimum Gasteiger partial charge on any atom is -0.254 e. The molecule has 2 heteroatoms. The van der Waals surface area contributed by atoms with Gasteiger partial charge in [-0.15, -0.1) is 0 Å². The van der Waals surface area contributed by atoms with Crippen molar-refractivity contribution in [3.8, 4) is 0 Å². The average Bonchev–Trinajstić information content (AvgIpc) is 2.30. The monoisotopic (exact) mass is 222 g/mol. The summed E-state index contributed by atoms with van der Waals surface area (Å²) in [5.41, 5.74) is 0. The molecular weight excluding hydrogens is 204 g/mol. The lowest BCUT2D eigenvalue weighted by Gasteiger charge is -2.27. The average molecular weight is 222 g/mol. The van der Waals surface area contributed by atoms with Crippen LogP contribution in [0.3, 0.4) is 0 Å². The largest absolute Gasteiger partial charge is 0.254 e. The number of benzene rings is 1. The second kappa shape index (κ2) is 4.93. The van der Waals surface area contributed by atoms with Crippen LogP contribution in [0.1, 0.15) is 32.6 Å². The van der Waals surface area contributed by atoms with Crippen molar-refractivity contribution in [1.82, 2.24) is 0 Å². The highest BCUT2D eigenvalue weighted by atomic mass is 32.2. The van der Waals surface area contributed by atoms with Crippen molar-refractivity contribution in [3.63, 3.8) is 0 Å². The van der Waals surface area contributed by atoms with Crippen LogP contribution in [0.15, 0.2) is 35.2 Å². The summed E-state index contributed by atoms with van der Waals surface area (Å²) in [6, 6.07) is 9.89. The predicted octanol–water partition coefficient (Wildman–Crippen LogP) is 3.37. The molecule has 0 aromatic heterocycles. The fourth-order valence-electron chi connectivity index (χ4n) is 2.33. The van der Waals surface area contributed by atoms with Gasteiger partial charge < -0.3 is 0 Å². The molecule has 0 bridgehead atoms. The molecular formula is C13H18OS. The first-order valence-electron chi connectivity index (χ1n) is 5.74. The van der Waals surface area contributed by atoms with E-state index in [2.05, 4.69) is 6.92 Å². The summed E-state index contributed by atoms with van der Waals surface area (Å²) in [6.45, 7) is 2.24. The van der Waals surface area contributed by atoms with Gasteiger partial charge in [0.25, 0.3) is 0 Å². The topological polar surface area (TPSA) is 17.1 Å². The van der Waals surface area contributed by atoms with Crippen LogP contribution in [0.2, 0.25) is 0 Å². The maximum Gasteiger partial charge on any atom is 0.0563 e. The molecule has 1 aromatic rings. The highest BCUT2D eigenvalue weighted by Gasteiger charge is 2.27. The van der Waals surface area contributed by atoms with E-state index >= 15 is 0 Å². The molecule has 82 valence electrons. The van der Waals surface area contributed by atoms with Crippen LogP contribution in [-0.4, -0.2) is 9.46 Å². The van der Waals surface area contributed by atoms with Gasteiger partial charge in [-0.25, -0.2) is 0 Å². The standard InChI is InChI=1S/C13H18OS/c1-11-7-5-6-10-13(11)15(14)12-8-3-2-4-9-12/h2-4,8-9,11,13H,5-7,10H2,1H3. The molecule has 0 aliphatic heterocycles. The summed E-state index contributed by atoms with van der Waals surface area (Å²) < 4.78 is 12.3. The molecule has 2 rings (SSSR count). The molecule has 1 aliphatic rings. The molecule has 3 atom stereocenters. The molecule has 0 radical (unpaired) electrons. The Morgan fingerprint density at radius 2 is 1.80 bits per heavy atom. The molecule has 0 saturated heterocycles. The van der Waals surface area contributed by atoms with Gasteiger partial charge in [0.1, 0.15) is 0 Å². The highest BCUT2D eigenvalue weighted by Crippen LogP contribution is 2.30. The lowest BCUT2D eigenvalue weighted by molar-refractivity contribution is 0.391. The van der Waals surface area contributed by atoms with Crippen LogP contribution < -0.4 is 0 Å². The van der Waals surface area contributed by atoms with E-state index in [4.69, 9.17) is 0 Å². The van der Waals surface area contributed by atoms with Gasteiger partial charge in [0.05, 0.1) is 10.8 Å². The minimum absolute atomic E-state index is 0.376. The first-order chi connectivity index (χ1) is 7.29. The molecule has 1 saturated carbocycles. The van der Waals surface area contributed by atoms with Crippen molar-refractivity contribution in [3.05, 3.63) is 30.3 Å². The Hall–Kier alpha value is -0.630. The zero-order valence-corrected chi connectivity index (χ0v) is 10.0. The molecule has 0 N–H and O–H groups in total. The van der Waals surface area contributed by atoms with Crippen LogP contribution >= 0.6 is 0 Å². The second-order valence-electron chi connectivity index (χ2n) is 4.41. The molecule has 1 aliphatic carbocycles. The van der Waals surface area contributed by atoms with Gasteiger partial charge in [-0.1, -0.05) is 38.0 Å². The summed E-state index contributed by atoms with van der Waals surface area (Å²) in [7, 11) is -0.800. The van der Waals surface area contributed by atoms with Gasteiger partial charge in [0, 0.05) is 10.1 Å². The Balaban J connectivity index is 2.13. The van der Waals surface area contributed by atoms with Crippen LogP contribution in [-0.2, 0) is 10.8 Å². The van der Waals surface area contributed by atoms with Crippen LogP contribution in [0.4, 0.5) is 0 Å². The van der Waals surface area contributed by atoms with E-state index < -0.39 is 10.8 Å². The Kier molecular flexibility index (Phi) is 3.57. The van der Waals surface area contributed by atoms with E-state index in [9.17, 15) is 4.21 Å². The number of rotatable bonds is 2. The summed E-state index contributed by atoms with van der Waals surface area (Å²) in [5.74, 6) is 0.611. The van der Waals surface area contributed by atoms with E-state index in [1.54, 1.807) is 0 Å². The molecule has 3 unspecified atom stereocenters. The molecule has 0 amide bonds. The smallest absolute Gasteiger partial charge is 0.0563 e. The fourth-order valence-corrected chi connectivity index (χ4v) is 4.04. The quantitative estimate of drug-likeness (QED) is 0.750. The molecule has 1 aromatic carbocycles. The van der Waals surface area contributed by atoms with E-state index in [0.717, 1.165) is 11.3 Å². The maximum atomic E-state index is 12.3. The van der Waals surface area contributed by atoms with Crippen molar-refractivity contribution in [2.45, 2.75) is 42.8 Å². The summed E-state index contributed by atoms with van der Waals surface area (Å²) in [4.78, 5) is 0.997. The van der Waals surface area contributed by atoms with Crippen molar-refractivity contribution < 1.29 is 4.21 Å². The van der Waals surface area contributed by atoms with Crippen molar-refractivity contribution in [2.24, 2.45) is 5.92 Å². The van der Waals surface area contributed by atoms with E-state index in [1.165, 1.54) is 19.3 Å². The van der Waals surface area contributed by atoms with Crippen molar-refractivity contribution >= 4 is 10.8 Å². The number of hydrogen-bond donors (Lipinski definition) is 0. The van der Waals surface area contributed by atoms with Crippen LogP contribution in [0.5, 0.6) is 0 Å². The molecule has 1 fully saturated rings. The van der Waals surface area contributed by atoms with Gasteiger partial charge in [0.2, 0.25) is 0 Å². The second-order valence-corrected chi connectivity index (χ2v) is 6.08. The van der Waals surface area contributed by atoms with Crippen LogP contribution in [0.25, 0.3) is 0 Å². The number of hydrogen-bond acceptors (Lipinski definition) is 1. The van der Waals surface area contributed by atoms with Gasteiger partial charge in [-0.05, 0) is 30.9 Å². The van der Waals surface area contributed by atoms with Gasteiger partial charge >= 0.3 is 0 Å². The van der Waals surface area contributed by atoms with Crippen molar-refractivity contribution in [2.75, 3.05) is 0 Å². The lowest BCUT2D eigenvalue weighted by atomic mass is 9.90. The van der Waals surface area contributed by atoms with Crippen LogP contribution in [0, 0.1) is 5.92 Å². The fraction of sp³-hybridized carbons (Fsp3) is 0.538. The third kappa shape index (κ3) is 2.49. The van der Waals surface area contributed by atoms with Gasteiger partial charge in [0.15, 0.2) is 0 Å². The van der Waals surface area contributed by atoms with E-state index in [-0.39, 0.29) is 0 Å². The van der Waals surface area contributed by atoms with E-state index in [1.807, 2.05) is 30.3 Å². The Bertz CT molecular complexity index is 334. The SMILES string of the molecule is CC1CCCCC1S(=O)c1ccccc1. The third-order valence-corrected chi connectivity index (χ3v) is 5.27.